The molecular formula is C11H12O5S. The summed E-state index contributed by atoms with van der Waals surface area (Å²) in [5.74, 6) is -2.37. The molecule has 0 spiro atoms. The van der Waals surface area contributed by atoms with E-state index >= 15 is 0 Å². The zero-order valence-corrected chi connectivity index (χ0v) is 9.72. The van der Waals surface area contributed by atoms with E-state index in [0.29, 0.717) is 10.5 Å². The molecule has 17 heavy (non-hydrogen) atoms. The number of carboxylic acid groups (broad SMARTS) is 2. The average Bonchev–Trinajstić information content (AvgIpc) is 2.25. The predicted molar refractivity (Wildman–Crippen MR) is 62.2 cm³/mol. The minimum Gasteiger partial charge on any atom is -0.481 e. The van der Waals surface area contributed by atoms with Gasteiger partial charge in [0.25, 0.3) is 0 Å². The summed E-state index contributed by atoms with van der Waals surface area (Å²) < 4.78 is 0. The van der Waals surface area contributed by atoms with E-state index in [4.69, 9.17) is 10.2 Å². The Balaban J connectivity index is 3.08. The van der Waals surface area contributed by atoms with Crippen LogP contribution in [0.3, 0.4) is 0 Å². The van der Waals surface area contributed by atoms with Crippen molar-refractivity contribution in [2.75, 3.05) is 0 Å². The summed E-state index contributed by atoms with van der Waals surface area (Å²) in [7, 11) is 0. The van der Waals surface area contributed by atoms with E-state index in [1.54, 1.807) is 18.2 Å². The van der Waals surface area contributed by atoms with Crippen LogP contribution in [0.15, 0.2) is 23.1 Å². The SMILES string of the molecule is O=C(O)CCc1cccc(S)c1C(O)C(=O)O. The molecule has 6 heteroatoms. The van der Waals surface area contributed by atoms with Crippen molar-refractivity contribution >= 4 is 24.6 Å². The van der Waals surface area contributed by atoms with Crippen LogP contribution in [0.25, 0.3) is 0 Å². The van der Waals surface area contributed by atoms with Gasteiger partial charge in [0.15, 0.2) is 6.10 Å². The zero-order valence-electron chi connectivity index (χ0n) is 8.83. The number of carboxylic acids is 2. The number of hydrogen-bond acceptors (Lipinski definition) is 4. The van der Waals surface area contributed by atoms with Crippen LogP contribution in [0.1, 0.15) is 23.7 Å². The average molecular weight is 256 g/mol. The summed E-state index contributed by atoms with van der Waals surface area (Å²) in [6.07, 6.45) is -1.66. The fourth-order valence-electron chi connectivity index (χ4n) is 1.50. The van der Waals surface area contributed by atoms with Gasteiger partial charge in [-0.05, 0) is 18.1 Å². The maximum atomic E-state index is 10.7. The van der Waals surface area contributed by atoms with E-state index in [1.807, 2.05) is 0 Å². The molecule has 0 radical (unpaired) electrons. The van der Waals surface area contributed by atoms with Crippen LogP contribution < -0.4 is 0 Å². The monoisotopic (exact) mass is 256 g/mol. The second-order valence-electron chi connectivity index (χ2n) is 3.48. The number of aliphatic hydroxyl groups is 1. The van der Waals surface area contributed by atoms with Crippen molar-refractivity contribution in [1.82, 2.24) is 0 Å². The van der Waals surface area contributed by atoms with Gasteiger partial charge < -0.3 is 15.3 Å². The van der Waals surface area contributed by atoms with Crippen molar-refractivity contribution in [1.29, 1.82) is 0 Å². The molecule has 0 saturated heterocycles. The second-order valence-corrected chi connectivity index (χ2v) is 3.97. The lowest BCUT2D eigenvalue weighted by Gasteiger charge is -2.14. The van der Waals surface area contributed by atoms with Crippen LogP contribution in [-0.2, 0) is 16.0 Å². The highest BCUT2D eigenvalue weighted by atomic mass is 32.1. The number of thiol groups is 1. The number of carbonyl (C=O) groups is 2. The van der Waals surface area contributed by atoms with Crippen LogP contribution >= 0.6 is 12.6 Å². The van der Waals surface area contributed by atoms with Crippen molar-refractivity contribution in [3.05, 3.63) is 29.3 Å². The Morgan fingerprint density at radius 3 is 2.47 bits per heavy atom. The lowest BCUT2D eigenvalue weighted by Crippen LogP contribution is -2.14. The van der Waals surface area contributed by atoms with Crippen LogP contribution in [-0.4, -0.2) is 27.3 Å². The van der Waals surface area contributed by atoms with Gasteiger partial charge in [-0.3, -0.25) is 4.79 Å². The van der Waals surface area contributed by atoms with Gasteiger partial charge >= 0.3 is 11.9 Å². The molecule has 1 rings (SSSR count). The highest BCUT2D eigenvalue weighted by Crippen LogP contribution is 2.26. The summed E-state index contributed by atoms with van der Waals surface area (Å²) in [5, 5.41) is 26.9. The van der Waals surface area contributed by atoms with Crippen LogP contribution in [0.2, 0.25) is 0 Å². The molecule has 1 aromatic rings. The fraction of sp³-hybridized carbons (Fsp3) is 0.273. The Bertz CT molecular complexity index is 443. The molecule has 0 aliphatic carbocycles. The third kappa shape index (κ3) is 3.47. The standard InChI is InChI=1S/C11H12O5S/c12-8(13)5-4-6-2-1-3-7(17)9(6)10(14)11(15)16/h1-3,10,14,17H,4-5H2,(H,12,13)(H,15,16). The number of benzene rings is 1. The van der Waals surface area contributed by atoms with E-state index < -0.39 is 18.0 Å². The lowest BCUT2D eigenvalue weighted by molar-refractivity contribution is -0.147. The van der Waals surface area contributed by atoms with Crippen molar-refractivity contribution in [2.45, 2.75) is 23.8 Å². The molecule has 0 bridgehead atoms. The van der Waals surface area contributed by atoms with Gasteiger partial charge in [0.1, 0.15) is 0 Å². The molecule has 92 valence electrons. The minimum atomic E-state index is -1.69. The largest absolute Gasteiger partial charge is 0.481 e. The molecule has 1 atom stereocenters. The Kier molecular flexibility index (Phi) is 4.53. The Morgan fingerprint density at radius 2 is 1.94 bits per heavy atom. The molecule has 0 fully saturated rings. The quantitative estimate of drug-likeness (QED) is 0.592. The summed E-state index contributed by atoms with van der Waals surface area (Å²) in [6, 6.07) is 4.77. The van der Waals surface area contributed by atoms with Gasteiger partial charge in [0, 0.05) is 16.9 Å². The van der Waals surface area contributed by atoms with Crippen LogP contribution in [0.4, 0.5) is 0 Å². The first-order valence-corrected chi connectivity index (χ1v) is 5.31. The highest BCUT2D eigenvalue weighted by molar-refractivity contribution is 7.80. The third-order valence-corrected chi connectivity index (χ3v) is 2.68. The van der Waals surface area contributed by atoms with E-state index in [-0.39, 0.29) is 18.4 Å². The third-order valence-electron chi connectivity index (χ3n) is 2.29. The molecule has 0 amide bonds. The fourth-order valence-corrected chi connectivity index (χ4v) is 1.85. The van der Waals surface area contributed by atoms with E-state index in [0.717, 1.165) is 0 Å². The summed E-state index contributed by atoms with van der Waals surface area (Å²) >= 11 is 4.08. The lowest BCUT2D eigenvalue weighted by atomic mass is 9.98. The Morgan fingerprint density at radius 1 is 1.29 bits per heavy atom. The van der Waals surface area contributed by atoms with Crippen molar-refractivity contribution in [2.24, 2.45) is 0 Å². The van der Waals surface area contributed by atoms with E-state index in [9.17, 15) is 14.7 Å². The number of aliphatic hydroxyl groups excluding tert-OH is 1. The molecule has 0 saturated carbocycles. The van der Waals surface area contributed by atoms with Crippen LogP contribution in [0, 0.1) is 0 Å². The molecular weight excluding hydrogens is 244 g/mol. The first-order chi connectivity index (χ1) is 7.93. The Labute approximate surface area is 103 Å². The van der Waals surface area contributed by atoms with Gasteiger partial charge in [0.05, 0.1) is 0 Å². The molecule has 0 aliphatic rings. The van der Waals surface area contributed by atoms with Crippen molar-refractivity contribution < 1.29 is 24.9 Å². The first kappa shape index (κ1) is 13.5. The molecule has 0 aromatic heterocycles. The minimum absolute atomic E-state index is 0.128. The van der Waals surface area contributed by atoms with Gasteiger partial charge in [0.2, 0.25) is 0 Å². The highest BCUT2D eigenvalue weighted by Gasteiger charge is 2.22. The summed E-state index contributed by atoms with van der Waals surface area (Å²) in [6.45, 7) is 0. The second kappa shape index (κ2) is 5.70. The predicted octanol–water partition coefficient (Wildman–Crippen LogP) is 1.11. The molecule has 3 N–H and O–H groups in total. The molecule has 0 aliphatic heterocycles. The molecule has 0 heterocycles. The Hall–Kier alpha value is -1.53. The number of hydrogen-bond donors (Lipinski definition) is 4. The maximum Gasteiger partial charge on any atom is 0.337 e. The normalized spacial score (nSPS) is 12.1. The van der Waals surface area contributed by atoms with Crippen molar-refractivity contribution in [3.63, 3.8) is 0 Å². The van der Waals surface area contributed by atoms with E-state index in [2.05, 4.69) is 12.6 Å². The van der Waals surface area contributed by atoms with Gasteiger partial charge in [-0.1, -0.05) is 12.1 Å². The van der Waals surface area contributed by atoms with Gasteiger partial charge in [-0.25, -0.2) is 4.79 Å². The van der Waals surface area contributed by atoms with Gasteiger partial charge in [-0.2, -0.15) is 0 Å². The summed E-state index contributed by atoms with van der Waals surface area (Å²) in [4.78, 5) is 21.6. The summed E-state index contributed by atoms with van der Waals surface area (Å²) in [5.41, 5.74) is 0.638. The smallest absolute Gasteiger partial charge is 0.337 e. The van der Waals surface area contributed by atoms with Crippen molar-refractivity contribution in [3.8, 4) is 0 Å². The van der Waals surface area contributed by atoms with Gasteiger partial charge in [-0.15, -0.1) is 12.6 Å². The molecule has 5 nitrogen and oxygen atoms in total. The maximum absolute atomic E-state index is 10.7. The number of aliphatic carboxylic acids is 2. The number of aryl methyl sites for hydroxylation is 1. The number of rotatable bonds is 5. The topological polar surface area (TPSA) is 94.8 Å². The molecule has 1 unspecified atom stereocenters. The zero-order chi connectivity index (χ0) is 13.0. The first-order valence-electron chi connectivity index (χ1n) is 4.87. The van der Waals surface area contributed by atoms with Crippen LogP contribution in [0.5, 0.6) is 0 Å². The van der Waals surface area contributed by atoms with E-state index in [1.165, 1.54) is 0 Å². The molecule has 1 aromatic carbocycles.